The molecular formula is C17H31BO2. The van der Waals surface area contributed by atoms with E-state index in [1.54, 1.807) is 0 Å². The van der Waals surface area contributed by atoms with Crippen molar-refractivity contribution in [2.24, 2.45) is 0 Å². The summed E-state index contributed by atoms with van der Waals surface area (Å²) in [6.07, 6.45) is 17.0. The van der Waals surface area contributed by atoms with Crippen molar-refractivity contribution >= 4 is 6.71 Å². The van der Waals surface area contributed by atoms with Gasteiger partial charge in [0.2, 0.25) is 0 Å². The Morgan fingerprint density at radius 3 is 2.05 bits per heavy atom. The van der Waals surface area contributed by atoms with Gasteiger partial charge in [-0.1, -0.05) is 69.3 Å². The lowest BCUT2D eigenvalue weighted by Gasteiger charge is -2.40. The van der Waals surface area contributed by atoms with Gasteiger partial charge < -0.3 is 9.47 Å². The molecule has 0 aromatic heterocycles. The van der Waals surface area contributed by atoms with E-state index >= 15 is 0 Å². The van der Waals surface area contributed by atoms with E-state index < -0.39 is 0 Å². The molecule has 3 fully saturated rings. The largest absolute Gasteiger partial charge is 0.353 e. The van der Waals surface area contributed by atoms with Gasteiger partial charge in [-0.15, -0.1) is 0 Å². The Bertz CT molecular complexity index is 256. The van der Waals surface area contributed by atoms with E-state index in [9.17, 15) is 0 Å². The second-order valence-electron chi connectivity index (χ2n) is 7.21. The topological polar surface area (TPSA) is 18.5 Å². The van der Waals surface area contributed by atoms with E-state index in [1.807, 2.05) is 0 Å². The molecule has 3 heterocycles. The van der Waals surface area contributed by atoms with E-state index in [-0.39, 0.29) is 6.29 Å². The van der Waals surface area contributed by atoms with Gasteiger partial charge in [0.25, 0.3) is 0 Å². The van der Waals surface area contributed by atoms with Crippen molar-refractivity contribution in [3.8, 4) is 0 Å². The van der Waals surface area contributed by atoms with Crippen LogP contribution in [-0.4, -0.2) is 26.2 Å². The highest BCUT2D eigenvalue weighted by molar-refractivity contribution is 6.62. The predicted molar refractivity (Wildman–Crippen MR) is 84.5 cm³/mol. The predicted octanol–water partition coefficient (Wildman–Crippen LogP) is 4.91. The highest BCUT2D eigenvalue weighted by Crippen LogP contribution is 2.48. The van der Waals surface area contributed by atoms with E-state index in [2.05, 4.69) is 0 Å². The minimum Gasteiger partial charge on any atom is -0.353 e. The summed E-state index contributed by atoms with van der Waals surface area (Å²) in [7, 11) is 0. The molecule has 3 aliphatic rings. The summed E-state index contributed by atoms with van der Waals surface area (Å²) in [5.41, 5.74) is 0. The fourth-order valence-electron chi connectivity index (χ4n) is 4.86. The summed E-state index contributed by atoms with van der Waals surface area (Å²) in [6, 6.07) is 0. The van der Waals surface area contributed by atoms with Crippen LogP contribution in [0.3, 0.4) is 0 Å². The Balaban J connectivity index is 1.29. The first kappa shape index (κ1) is 14.9. The molecule has 0 aromatic carbocycles. The zero-order valence-electron chi connectivity index (χ0n) is 13.0. The molecule has 3 aliphatic heterocycles. The van der Waals surface area contributed by atoms with E-state index in [1.165, 1.54) is 64.1 Å². The monoisotopic (exact) mass is 278 g/mol. The first-order valence-electron chi connectivity index (χ1n) is 9.16. The third-order valence-corrected chi connectivity index (χ3v) is 5.88. The zero-order valence-corrected chi connectivity index (χ0v) is 13.0. The molecule has 0 N–H and O–H groups in total. The minimum absolute atomic E-state index is 0.109. The lowest BCUT2D eigenvalue weighted by molar-refractivity contribution is -0.181. The van der Waals surface area contributed by atoms with Crippen LogP contribution in [0.1, 0.15) is 70.6 Å². The number of hydrogen-bond donors (Lipinski definition) is 0. The molecule has 3 heteroatoms. The van der Waals surface area contributed by atoms with Crippen molar-refractivity contribution in [3.05, 3.63) is 0 Å². The average Bonchev–Trinajstić information content (AvgIpc) is 2.47. The summed E-state index contributed by atoms with van der Waals surface area (Å²) in [5.74, 6) is 2.18. The molecule has 3 saturated heterocycles. The molecular weight excluding hydrogens is 247 g/mol. The van der Waals surface area contributed by atoms with Gasteiger partial charge in [0.15, 0.2) is 6.29 Å². The fourth-order valence-corrected chi connectivity index (χ4v) is 4.86. The fraction of sp³-hybridized carbons (Fsp3) is 1.00. The van der Waals surface area contributed by atoms with Crippen molar-refractivity contribution < 1.29 is 9.47 Å². The standard InChI is InChI=1S/C17H31BO2/c1(2-11-17-19-13-6-14-20-17)3-12-18-15-7-4-8-16(18)10-5-9-15/h15-17H,1-14H2. The number of fused-ring (bicyclic) bond motifs is 2. The Morgan fingerprint density at radius 1 is 0.750 bits per heavy atom. The molecule has 0 spiro atoms. The SMILES string of the molecule is C(CCB1C2CCCC1CCC2)CCC1OCCCO1. The molecule has 2 bridgehead atoms. The van der Waals surface area contributed by atoms with Crippen molar-refractivity contribution in [2.45, 2.75) is 94.9 Å². The zero-order chi connectivity index (χ0) is 13.6. The average molecular weight is 278 g/mol. The Hall–Kier alpha value is -0.0151. The first-order chi connectivity index (χ1) is 9.93. The highest BCUT2D eigenvalue weighted by Gasteiger charge is 2.38. The molecule has 0 saturated carbocycles. The quantitative estimate of drug-likeness (QED) is 0.507. The maximum absolute atomic E-state index is 5.61. The summed E-state index contributed by atoms with van der Waals surface area (Å²) in [5, 5.41) is 0. The van der Waals surface area contributed by atoms with E-state index in [4.69, 9.17) is 9.47 Å². The number of ether oxygens (including phenoxy) is 2. The molecule has 2 nitrogen and oxygen atoms in total. The second kappa shape index (κ2) is 7.84. The maximum Gasteiger partial charge on any atom is 0.157 e. The summed E-state index contributed by atoms with van der Waals surface area (Å²) in [6.45, 7) is 2.88. The smallest absolute Gasteiger partial charge is 0.157 e. The summed E-state index contributed by atoms with van der Waals surface area (Å²) < 4.78 is 11.2. The van der Waals surface area contributed by atoms with Gasteiger partial charge in [-0.3, -0.25) is 0 Å². The lowest BCUT2D eigenvalue weighted by Crippen LogP contribution is -2.34. The van der Waals surface area contributed by atoms with Crippen LogP contribution in [0.25, 0.3) is 0 Å². The molecule has 0 atom stereocenters. The van der Waals surface area contributed by atoms with Crippen LogP contribution in [0.4, 0.5) is 0 Å². The molecule has 3 rings (SSSR count). The van der Waals surface area contributed by atoms with Crippen LogP contribution >= 0.6 is 0 Å². The van der Waals surface area contributed by atoms with Crippen LogP contribution in [0, 0.1) is 0 Å². The first-order valence-corrected chi connectivity index (χ1v) is 9.16. The third kappa shape index (κ3) is 4.01. The van der Waals surface area contributed by atoms with Crippen molar-refractivity contribution in [2.75, 3.05) is 13.2 Å². The minimum atomic E-state index is 0.109. The van der Waals surface area contributed by atoms with Gasteiger partial charge in [-0.05, 0) is 19.3 Å². The van der Waals surface area contributed by atoms with Crippen LogP contribution in [0.2, 0.25) is 18.0 Å². The Kier molecular flexibility index (Phi) is 5.84. The lowest BCUT2D eigenvalue weighted by atomic mass is 9.26. The summed E-state index contributed by atoms with van der Waals surface area (Å²) in [4.78, 5) is 0. The van der Waals surface area contributed by atoms with Crippen LogP contribution in [0.5, 0.6) is 0 Å². The Morgan fingerprint density at radius 2 is 1.40 bits per heavy atom. The highest BCUT2D eigenvalue weighted by atomic mass is 16.7. The van der Waals surface area contributed by atoms with Crippen molar-refractivity contribution in [3.63, 3.8) is 0 Å². The van der Waals surface area contributed by atoms with Gasteiger partial charge in [-0.2, -0.15) is 0 Å². The van der Waals surface area contributed by atoms with Gasteiger partial charge in [-0.25, -0.2) is 0 Å². The number of rotatable bonds is 6. The van der Waals surface area contributed by atoms with Crippen LogP contribution in [0.15, 0.2) is 0 Å². The van der Waals surface area contributed by atoms with Gasteiger partial charge >= 0.3 is 0 Å². The maximum atomic E-state index is 5.61. The normalized spacial score (nSPS) is 31.5. The van der Waals surface area contributed by atoms with Crippen LogP contribution in [-0.2, 0) is 9.47 Å². The molecule has 20 heavy (non-hydrogen) atoms. The van der Waals surface area contributed by atoms with Gasteiger partial charge in [0.1, 0.15) is 6.71 Å². The Labute approximate surface area is 125 Å². The molecule has 0 unspecified atom stereocenters. The van der Waals surface area contributed by atoms with E-state index in [0.29, 0.717) is 0 Å². The van der Waals surface area contributed by atoms with Gasteiger partial charge in [0, 0.05) is 0 Å². The second-order valence-corrected chi connectivity index (χ2v) is 7.21. The molecule has 114 valence electrons. The van der Waals surface area contributed by atoms with Crippen molar-refractivity contribution in [1.29, 1.82) is 0 Å². The number of hydrogen-bond acceptors (Lipinski definition) is 2. The third-order valence-electron chi connectivity index (χ3n) is 5.88. The van der Waals surface area contributed by atoms with E-state index in [0.717, 1.165) is 44.4 Å². The van der Waals surface area contributed by atoms with Crippen molar-refractivity contribution in [1.82, 2.24) is 0 Å². The van der Waals surface area contributed by atoms with Crippen LogP contribution < -0.4 is 0 Å². The molecule has 0 amide bonds. The molecule has 0 aromatic rings. The number of unbranched alkanes of at least 4 members (excludes halogenated alkanes) is 2. The van der Waals surface area contributed by atoms with Gasteiger partial charge in [0.05, 0.1) is 13.2 Å². The molecule has 0 radical (unpaired) electrons. The molecule has 0 aliphatic carbocycles. The summed E-state index contributed by atoms with van der Waals surface area (Å²) >= 11 is 0.